The van der Waals surface area contributed by atoms with Gasteiger partial charge in [-0.25, -0.2) is 0 Å². The minimum atomic E-state index is 0. The molecule has 0 fully saturated rings. The molecule has 0 amide bonds. The van der Waals surface area contributed by atoms with Crippen LogP contribution < -0.4 is 5.22 Å². The van der Waals surface area contributed by atoms with E-state index in [0.29, 0.717) is 5.76 Å². The smallest absolute Gasteiger partial charge is 0.0985 e. The molecule has 0 spiro atoms. The molecule has 2 aromatic carbocycles. The SMILES string of the molecule is C/C(O)=c1\ccc2cccc3ccnc1c32.[Ir]. The van der Waals surface area contributed by atoms with Gasteiger partial charge in [-0.3, -0.25) is 4.98 Å². The summed E-state index contributed by atoms with van der Waals surface area (Å²) in [5.74, 6) is 0.311. The van der Waals surface area contributed by atoms with Crippen LogP contribution in [0.2, 0.25) is 0 Å². The third kappa shape index (κ3) is 1.82. The van der Waals surface area contributed by atoms with Crippen LogP contribution in [0.1, 0.15) is 6.92 Å². The zero-order valence-corrected chi connectivity index (χ0v) is 11.7. The van der Waals surface area contributed by atoms with Gasteiger partial charge in [0.25, 0.3) is 0 Å². The van der Waals surface area contributed by atoms with Crippen molar-refractivity contribution in [2.24, 2.45) is 0 Å². The van der Waals surface area contributed by atoms with Crippen LogP contribution in [-0.2, 0) is 20.1 Å². The van der Waals surface area contributed by atoms with Crippen molar-refractivity contribution in [3.63, 3.8) is 0 Å². The van der Waals surface area contributed by atoms with Crippen molar-refractivity contribution < 1.29 is 25.2 Å². The van der Waals surface area contributed by atoms with E-state index in [-0.39, 0.29) is 20.1 Å². The number of aromatic nitrogens is 1. The molecular formula is C14H11IrNO. The first-order chi connectivity index (χ1) is 7.77. The van der Waals surface area contributed by atoms with Gasteiger partial charge in [-0.1, -0.05) is 24.3 Å². The van der Waals surface area contributed by atoms with E-state index in [9.17, 15) is 5.11 Å². The van der Waals surface area contributed by atoms with Gasteiger partial charge in [-0.2, -0.15) is 0 Å². The Bertz CT molecular complexity index is 709. The molecule has 1 radical (unpaired) electrons. The van der Waals surface area contributed by atoms with E-state index >= 15 is 0 Å². The fourth-order valence-electron chi connectivity index (χ4n) is 2.14. The molecule has 0 saturated carbocycles. The Kier molecular flexibility index (Phi) is 3.14. The van der Waals surface area contributed by atoms with Gasteiger partial charge < -0.3 is 5.11 Å². The standard InChI is InChI=1S/C14H11NO.Ir/c1-9(16)12-6-5-10-3-2-4-11-7-8-15-14(12)13(10)11;/h2-8,16H,1H3;/b12-9-;. The molecule has 1 aromatic heterocycles. The van der Waals surface area contributed by atoms with E-state index < -0.39 is 0 Å². The summed E-state index contributed by atoms with van der Waals surface area (Å²) in [6.45, 7) is 1.69. The maximum Gasteiger partial charge on any atom is 0.0985 e. The predicted molar refractivity (Wildman–Crippen MR) is 66.2 cm³/mol. The number of aliphatic hydroxyl groups is 1. The van der Waals surface area contributed by atoms with Gasteiger partial charge in [-0.15, -0.1) is 0 Å². The molecule has 17 heavy (non-hydrogen) atoms. The summed E-state index contributed by atoms with van der Waals surface area (Å²) < 4.78 is 0. The molecule has 1 N–H and O–H groups in total. The Morgan fingerprint density at radius 2 is 1.76 bits per heavy atom. The summed E-state index contributed by atoms with van der Waals surface area (Å²) in [6, 6.07) is 12.1. The van der Waals surface area contributed by atoms with E-state index in [1.54, 1.807) is 13.1 Å². The Morgan fingerprint density at radius 1 is 1.06 bits per heavy atom. The molecule has 3 aromatic rings. The number of hydrogen-bond donors (Lipinski definition) is 1. The van der Waals surface area contributed by atoms with Crippen molar-refractivity contribution in [2.75, 3.05) is 0 Å². The van der Waals surface area contributed by atoms with Gasteiger partial charge in [-0.05, 0) is 29.8 Å². The van der Waals surface area contributed by atoms with Crippen LogP contribution in [0.4, 0.5) is 0 Å². The fourth-order valence-corrected chi connectivity index (χ4v) is 2.14. The number of benzene rings is 2. The summed E-state index contributed by atoms with van der Waals surface area (Å²) in [5.41, 5.74) is 0.871. The average molecular weight is 401 g/mol. The summed E-state index contributed by atoms with van der Waals surface area (Å²) >= 11 is 0. The van der Waals surface area contributed by atoms with Crippen molar-refractivity contribution in [1.29, 1.82) is 0 Å². The molecule has 1 heterocycles. The third-order valence-electron chi connectivity index (χ3n) is 2.90. The monoisotopic (exact) mass is 402 g/mol. The van der Waals surface area contributed by atoms with Crippen molar-refractivity contribution in [2.45, 2.75) is 6.92 Å². The van der Waals surface area contributed by atoms with E-state index in [1.165, 1.54) is 0 Å². The summed E-state index contributed by atoms with van der Waals surface area (Å²) in [7, 11) is 0. The molecule has 0 bridgehead atoms. The molecule has 3 rings (SSSR count). The first kappa shape index (κ1) is 12.0. The van der Waals surface area contributed by atoms with Crippen molar-refractivity contribution in [3.05, 3.63) is 47.8 Å². The largest absolute Gasteiger partial charge is 0.512 e. The number of nitrogens with zero attached hydrogens (tertiary/aromatic N) is 1. The van der Waals surface area contributed by atoms with Crippen molar-refractivity contribution in [1.82, 2.24) is 4.98 Å². The molecule has 3 heteroatoms. The number of hydrogen-bond acceptors (Lipinski definition) is 2. The first-order valence-electron chi connectivity index (χ1n) is 5.23. The average Bonchev–Trinajstić information content (AvgIpc) is 2.30. The Morgan fingerprint density at radius 3 is 2.47 bits per heavy atom. The van der Waals surface area contributed by atoms with Gasteiger partial charge in [0.2, 0.25) is 0 Å². The quantitative estimate of drug-likeness (QED) is 0.629. The Labute approximate surface area is 112 Å². The normalized spacial score (nSPS) is 12.5. The van der Waals surface area contributed by atoms with E-state index in [2.05, 4.69) is 17.1 Å². The molecular weight excluding hydrogens is 390 g/mol. The number of pyridine rings is 1. The van der Waals surface area contributed by atoms with E-state index in [1.807, 2.05) is 24.3 Å². The van der Waals surface area contributed by atoms with E-state index in [4.69, 9.17) is 0 Å². The molecule has 0 atom stereocenters. The minimum Gasteiger partial charge on any atom is -0.512 e. The summed E-state index contributed by atoms with van der Waals surface area (Å²) in [4.78, 5) is 4.37. The van der Waals surface area contributed by atoms with Crippen LogP contribution in [0.25, 0.3) is 27.4 Å². The second-order valence-corrected chi connectivity index (χ2v) is 3.94. The molecule has 0 aliphatic rings. The molecule has 2 nitrogen and oxygen atoms in total. The Balaban J connectivity index is 0.00000108. The van der Waals surface area contributed by atoms with Crippen LogP contribution in [0.3, 0.4) is 0 Å². The minimum absolute atomic E-state index is 0. The molecule has 87 valence electrons. The van der Waals surface area contributed by atoms with Crippen LogP contribution in [0.5, 0.6) is 0 Å². The van der Waals surface area contributed by atoms with Crippen LogP contribution in [0.15, 0.2) is 42.6 Å². The zero-order valence-electron chi connectivity index (χ0n) is 9.27. The summed E-state index contributed by atoms with van der Waals surface area (Å²) in [5, 5.41) is 13.9. The maximum absolute atomic E-state index is 9.64. The fraction of sp³-hybridized carbons (Fsp3) is 0.0714. The maximum atomic E-state index is 9.64. The molecule has 0 unspecified atom stereocenters. The zero-order chi connectivity index (χ0) is 11.1. The topological polar surface area (TPSA) is 33.1 Å². The number of rotatable bonds is 0. The van der Waals surface area contributed by atoms with Crippen LogP contribution in [-0.4, -0.2) is 10.1 Å². The Hall–Kier alpha value is -1.44. The molecule has 0 aliphatic carbocycles. The third-order valence-corrected chi connectivity index (χ3v) is 2.90. The van der Waals surface area contributed by atoms with Gasteiger partial charge in [0, 0.05) is 36.9 Å². The van der Waals surface area contributed by atoms with Gasteiger partial charge in [0.15, 0.2) is 0 Å². The van der Waals surface area contributed by atoms with Crippen LogP contribution >= 0.6 is 0 Å². The van der Waals surface area contributed by atoms with Gasteiger partial charge in [0.05, 0.1) is 11.3 Å². The van der Waals surface area contributed by atoms with Gasteiger partial charge >= 0.3 is 0 Å². The second-order valence-electron chi connectivity index (χ2n) is 3.94. The molecule has 0 aliphatic heterocycles. The number of aliphatic hydroxyl groups excluding tert-OH is 1. The first-order valence-corrected chi connectivity index (χ1v) is 5.23. The van der Waals surface area contributed by atoms with Gasteiger partial charge in [0.1, 0.15) is 0 Å². The van der Waals surface area contributed by atoms with E-state index in [0.717, 1.165) is 26.9 Å². The van der Waals surface area contributed by atoms with Crippen LogP contribution in [0, 0.1) is 0 Å². The summed E-state index contributed by atoms with van der Waals surface area (Å²) in [6.07, 6.45) is 1.78. The van der Waals surface area contributed by atoms with Crippen molar-refractivity contribution in [3.8, 4) is 0 Å². The predicted octanol–water partition coefficient (Wildman–Crippen LogP) is 2.79. The van der Waals surface area contributed by atoms with Crippen molar-refractivity contribution >= 4 is 27.4 Å². The second kappa shape index (κ2) is 4.44. The molecule has 0 saturated heterocycles.